The van der Waals surface area contributed by atoms with Gasteiger partial charge < -0.3 is 10.2 Å². The molecule has 2 heterocycles. The lowest BCUT2D eigenvalue weighted by molar-refractivity contribution is 0.0937. The highest BCUT2D eigenvalue weighted by atomic mass is 16.1. The van der Waals surface area contributed by atoms with Crippen LogP contribution in [-0.2, 0) is 0 Å². The zero-order valence-corrected chi connectivity index (χ0v) is 11.3. The van der Waals surface area contributed by atoms with E-state index in [2.05, 4.69) is 15.2 Å². The van der Waals surface area contributed by atoms with E-state index in [0.717, 1.165) is 31.7 Å². The summed E-state index contributed by atoms with van der Waals surface area (Å²) < 4.78 is 0. The Kier molecular flexibility index (Phi) is 3.67. The van der Waals surface area contributed by atoms with Crippen molar-refractivity contribution < 1.29 is 4.79 Å². The maximum absolute atomic E-state index is 12.1. The number of pyridine rings is 1. The fourth-order valence-electron chi connectivity index (χ4n) is 2.99. The summed E-state index contributed by atoms with van der Waals surface area (Å²) in [6, 6.07) is 4.23. The van der Waals surface area contributed by atoms with Gasteiger partial charge in [0.1, 0.15) is 5.82 Å². The molecule has 1 amide bonds. The van der Waals surface area contributed by atoms with Crippen LogP contribution in [0.15, 0.2) is 18.3 Å². The van der Waals surface area contributed by atoms with Crippen LogP contribution in [0.1, 0.15) is 48.9 Å². The van der Waals surface area contributed by atoms with Gasteiger partial charge in [-0.3, -0.25) is 4.79 Å². The predicted octanol–water partition coefficient (Wildman–Crippen LogP) is 2.35. The molecule has 0 bridgehead atoms. The number of hydrogen-bond donors (Lipinski definition) is 1. The summed E-state index contributed by atoms with van der Waals surface area (Å²) in [5.41, 5.74) is 0.676. The van der Waals surface area contributed by atoms with Crippen molar-refractivity contribution in [2.45, 2.75) is 44.6 Å². The van der Waals surface area contributed by atoms with E-state index in [1.165, 1.54) is 25.7 Å². The summed E-state index contributed by atoms with van der Waals surface area (Å²) in [7, 11) is 0. The molecular formula is C15H21N3O. The third-order valence-corrected chi connectivity index (χ3v) is 4.13. The van der Waals surface area contributed by atoms with E-state index in [1.54, 1.807) is 6.20 Å². The van der Waals surface area contributed by atoms with E-state index in [9.17, 15) is 4.79 Å². The van der Waals surface area contributed by atoms with Gasteiger partial charge in [-0.15, -0.1) is 0 Å². The summed E-state index contributed by atoms with van der Waals surface area (Å²) in [6.07, 6.45) is 8.89. The fourth-order valence-corrected chi connectivity index (χ4v) is 2.99. The number of aromatic nitrogens is 1. The summed E-state index contributed by atoms with van der Waals surface area (Å²) in [5, 5.41) is 3.09. The summed E-state index contributed by atoms with van der Waals surface area (Å²) in [5.74, 6) is 1.02. The Balaban J connectivity index is 1.62. The first kappa shape index (κ1) is 12.5. The van der Waals surface area contributed by atoms with Gasteiger partial charge in [0, 0.05) is 25.3 Å². The largest absolute Gasteiger partial charge is 0.357 e. The Bertz CT molecular complexity index is 431. The van der Waals surface area contributed by atoms with Gasteiger partial charge in [0.2, 0.25) is 0 Å². The Labute approximate surface area is 114 Å². The number of rotatable bonds is 3. The van der Waals surface area contributed by atoms with Gasteiger partial charge in [-0.1, -0.05) is 12.8 Å². The molecule has 1 aromatic rings. The standard InChI is InChI=1S/C15H21N3O/c19-15(17-13-5-1-2-6-13)12-7-8-14(16-11-12)18-9-3-4-10-18/h7-8,11,13H,1-6,9-10H2,(H,17,19). The van der Waals surface area contributed by atoms with Crippen LogP contribution >= 0.6 is 0 Å². The number of hydrogen-bond acceptors (Lipinski definition) is 3. The maximum atomic E-state index is 12.1. The van der Waals surface area contributed by atoms with Crippen LogP contribution < -0.4 is 10.2 Å². The van der Waals surface area contributed by atoms with Crippen molar-refractivity contribution >= 4 is 11.7 Å². The fraction of sp³-hybridized carbons (Fsp3) is 0.600. The van der Waals surface area contributed by atoms with Crippen LogP contribution in [0.25, 0.3) is 0 Å². The number of carbonyl (C=O) groups excluding carboxylic acids is 1. The second-order valence-electron chi connectivity index (χ2n) is 5.55. The average molecular weight is 259 g/mol. The molecule has 0 radical (unpaired) electrons. The predicted molar refractivity (Wildman–Crippen MR) is 75.4 cm³/mol. The van der Waals surface area contributed by atoms with E-state index >= 15 is 0 Å². The Morgan fingerprint density at radius 2 is 1.89 bits per heavy atom. The van der Waals surface area contributed by atoms with E-state index in [0.29, 0.717) is 11.6 Å². The van der Waals surface area contributed by atoms with Crippen molar-refractivity contribution in [1.29, 1.82) is 0 Å². The summed E-state index contributed by atoms with van der Waals surface area (Å²) in [6.45, 7) is 2.17. The molecule has 102 valence electrons. The first-order chi connectivity index (χ1) is 9.33. The number of nitrogens with one attached hydrogen (secondary N) is 1. The molecule has 0 aromatic carbocycles. The lowest BCUT2D eigenvalue weighted by atomic mass is 10.2. The summed E-state index contributed by atoms with van der Waals surface area (Å²) >= 11 is 0. The quantitative estimate of drug-likeness (QED) is 0.906. The molecule has 3 rings (SSSR count). The normalized spacial score (nSPS) is 19.9. The zero-order chi connectivity index (χ0) is 13.1. The minimum absolute atomic E-state index is 0.0207. The topological polar surface area (TPSA) is 45.2 Å². The third-order valence-electron chi connectivity index (χ3n) is 4.13. The van der Waals surface area contributed by atoms with E-state index in [1.807, 2.05) is 12.1 Å². The van der Waals surface area contributed by atoms with Crippen LogP contribution in [0.5, 0.6) is 0 Å². The van der Waals surface area contributed by atoms with Crippen molar-refractivity contribution in [3.05, 3.63) is 23.9 Å². The molecule has 1 aliphatic heterocycles. The number of carbonyl (C=O) groups is 1. The number of amides is 1. The highest BCUT2D eigenvalue weighted by Gasteiger charge is 2.18. The molecule has 2 fully saturated rings. The number of anilines is 1. The first-order valence-electron chi connectivity index (χ1n) is 7.35. The molecule has 4 nitrogen and oxygen atoms in total. The van der Waals surface area contributed by atoms with Crippen molar-refractivity contribution in [2.24, 2.45) is 0 Å². The molecule has 1 aliphatic carbocycles. The third kappa shape index (κ3) is 2.88. The van der Waals surface area contributed by atoms with Crippen LogP contribution in [0.3, 0.4) is 0 Å². The first-order valence-corrected chi connectivity index (χ1v) is 7.35. The van der Waals surface area contributed by atoms with Crippen LogP contribution in [0.4, 0.5) is 5.82 Å². The van der Waals surface area contributed by atoms with Gasteiger partial charge in [0.05, 0.1) is 5.56 Å². The molecule has 19 heavy (non-hydrogen) atoms. The lowest BCUT2D eigenvalue weighted by Gasteiger charge is -2.16. The molecule has 1 aromatic heterocycles. The molecule has 1 saturated carbocycles. The van der Waals surface area contributed by atoms with Crippen molar-refractivity contribution in [2.75, 3.05) is 18.0 Å². The van der Waals surface area contributed by atoms with Gasteiger partial charge in [-0.25, -0.2) is 4.98 Å². The molecule has 1 N–H and O–H groups in total. The van der Waals surface area contributed by atoms with Gasteiger partial charge in [0.15, 0.2) is 0 Å². The SMILES string of the molecule is O=C(NC1CCCC1)c1ccc(N2CCCC2)nc1. The smallest absolute Gasteiger partial charge is 0.253 e. The monoisotopic (exact) mass is 259 g/mol. The van der Waals surface area contributed by atoms with Gasteiger partial charge in [0.25, 0.3) is 5.91 Å². The van der Waals surface area contributed by atoms with E-state index < -0.39 is 0 Å². The molecule has 0 spiro atoms. The Morgan fingerprint density at radius 1 is 1.16 bits per heavy atom. The average Bonchev–Trinajstić information content (AvgIpc) is 3.12. The molecular weight excluding hydrogens is 238 g/mol. The molecule has 0 unspecified atom stereocenters. The minimum Gasteiger partial charge on any atom is -0.357 e. The van der Waals surface area contributed by atoms with Gasteiger partial charge >= 0.3 is 0 Å². The van der Waals surface area contributed by atoms with Crippen LogP contribution in [-0.4, -0.2) is 30.0 Å². The summed E-state index contributed by atoms with van der Waals surface area (Å²) in [4.78, 5) is 18.8. The molecule has 1 saturated heterocycles. The maximum Gasteiger partial charge on any atom is 0.253 e. The van der Waals surface area contributed by atoms with Gasteiger partial charge in [-0.2, -0.15) is 0 Å². The molecule has 0 atom stereocenters. The van der Waals surface area contributed by atoms with Crippen LogP contribution in [0, 0.1) is 0 Å². The lowest BCUT2D eigenvalue weighted by Crippen LogP contribution is -2.32. The highest BCUT2D eigenvalue weighted by molar-refractivity contribution is 5.94. The molecule has 4 heteroatoms. The van der Waals surface area contributed by atoms with Gasteiger partial charge in [-0.05, 0) is 37.8 Å². The Hall–Kier alpha value is -1.58. The second kappa shape index (κ2) is 5.59. The second-order valence-corrected chi connectivity index (χ2v) is 5.55. The van der Waals surface area contributed by atoms with Crippen molar-refractivity contribution in [1.82, 2.24) is 10.3 Å². The Morgan fingerprint density at radius 3 is 2.53 bits per heavy atom. The van der Waals surface area contributed by atoms with E-state index in [-0.39, 0.29) is 5.91 Å². The molecule has 2 aliphatic rings. The van der Waals surface area contributed by atoms with E-state index in [4.69, 9.17) is 0 Å². The zero-order valence-electron chi connectivity index (χ0n) is 11.3. The highest BCUT2D eigenvalue weighted by Crippen LogP contribution is 2.19. The van der Waals surface area contributed by atoms with Crippen molar-refractivity contribution in [3.8, 4) is 0 Å². The van der Waals surface area contributed by atoms with Crippen molar-refractivity contribution in [3.63, 3.8) is 0 Å². The number of nitrogens with zero attached hydrogens (tertiary/aromatic N) is 2. The van der Waals surface area contributed by atoms with Crippen LogP contribution in [0.2, 0.25) is 0 Å². The minimum atomic E-state index is 0.0207.